The smallest absolute Gasteiger partial charge is 0.410 e. The Balaban J connectivity index is 0.000000569. The summed E-state index contributed by atoms with van der Waals surface area (Å²) in [7, 11) is 0. The van der Waals surface area contributed by atoms with Crippen molar-refractivity contribution in [2.75, 3.05) is 19.6 Å². The summed E-state index contributed by atoms with van der Waals surface area (Å²) in [6.45, 7) is 19.6. The van der Waals surface area contributed by atoms with E-state index in [-0.39, 0.29) is 18.0 Å². The zero-order valence-electron chi connectivity index (χ0n) is 27.8. The van der Waals surface area contributed by atoms with Gasteiger partial charge in [-0.25, -0.2) is 14.2 Å². The highest BCUT2D eigenvalue weighted by molar-refractivity contribution is 7.12. The molecule has 0 saturated carbocycles. The number of carbonyl (C=O) groups excluding carboxylic acids is 1. The molecule has 0 bridgehead atoms. The van der Waals surface area contributed by atoms with Crippen LogP contribution in [-0.2, 0) is 11.2 Å². The van der Waals surface area contributed by atoms with E-state index in [4.69, 9.17) is 10.00 Å². The first-order valence-electron chi connectivity index (χ1n) is 15.3. The fourth-order valence-electron chi connectivity index (χ4n) is 4.80. The standard InChI is InChI=1S/C28H40FN3O2.C7H8N2S/c1-9-11-16-30-21(4)26(23(10-2)24-14-12-13-15-25(24)29)22(5)31-17-18-32(20(3)19-31)27(33)34-28(6,7)8;1-2-3-7-9-5-6(4-8)10-7/h10-16,20H,9,17-19H2,1-8H3;5H,2-3H2,1H3/b16-11+,23-10-,26-22-,30-21+;. The molecule has 0 aliphatic carbocycles. The van der Waals surface area contributed by atoms with E-state index in [1.807, 2.05) is 59.8 Å². The Bertz CT molecular complexity index is 1410. The number of allylic oxidation sites excluding steroid dienone is 5. The van der Waals surface area contributed by atoms with Crippen molar-refractivity contribution in [3.63, 3.8) is 0 Å². The van der Waals surface area contributed by atoms with Gasteiger partial charge in [0.2, 0.25) is 0 Å². The molecule has 9 heteroatoms. The molecule has 1 fully saturated rings. The number of aliphatic imine (C=N–C) groups is 1. The number of hydrogen-bond acceptors (Lipinski definition) is 7. The molecule has 2 heterocycles. The molecule has 0 spiro atoms. The molecule has 238 valence electrons. The second-order valence-electron chi connectivity index (χ2n) is 11.6. The van der Waals surface area contributed by atoms with Crippen LogP contribution >= 0.6 is 11.3 Å². The molecule has 2 aromatic rings. The van der Waals surface area contributed by atoms with Gasteiger partial charge in [-0.1, -0.05) is 44.2 Å². The van der Waals surface area contributed by atoms with Gasteiger partial charge in [-0.15, -0.1) is 11.3 Å². The minimum Gasteiger partial charge on any atom is -0.444 e. The van der Waals surface area contributed by atoms with Crippen molar-refractivity contribution in [2.24, 2.45) is 4.99 Å². The van der Waals surface area contributed by atoms with Crippen LogP contribution in [0.3, 0.4) is 0 Å². The minimum absolute atomic E-state index is 0.0282. The van der Waals surface area contributed by atoms with E-state index in [0.717, 1.165) is 46.8 Å². The van der Waals surface area contributed by atoms with E-state index >= 15 is 0 Å². The van der Waals surface area contributed by atoms with Crippen LogP contribution < -0.4 is 0 Å². The first kappa shape index (κ1) is 36.4. The minimum atomic E-state index is -0.531. The van der Waals surface area contributed by atoms with Crippen molar-refractivity contribution >= 4 is 28.7 Å². The fourth-order valence-corrected chi connectivity index (χ4v) is 5.62. The summed E-state index contributed by atoms with van der Waals surface area (Å²) in [4.78, 5) is 26.1. The second-order valence-corrected chi connectivity index (χ2v) is 12.7. The molecule has 1 aromatic carbocycles. The molecule has 1 atom stereocenters. The van der Waals surface area contributed by atoms with Crippen LogP contribution in [0.1, 0.15) is 90.6 Å². The molecule has 7 nitrogen and oxygen atoms in total. The summed E-state index contributed by atoms with van der Waals surface area (Å²) in [5.74, 6) is -0.263. The number of benzene rings is 1. The number of nitriles is 1. The molecular formula is C35H48FN5O2S. The van der Waals surface area contributed by atoms with Crippen molar-refractivity contribution in [3.8, 4) is 6.07 Å². The maximum atomic E-state index is 14.8. The lowest BCUT2D eigenvalue weighted by molar-refractivity contribution is 0.00495. The first-order chi connectivity index (χ1) is 20.9. The van der Waals surface area contributed by atoms with Crippen LogP contribution in [0.5, 0.6) is 0 Å². The second kappa shape index (κ2) is 17.5. The first-order valence-corrected chi connectivity index (χ1v) is 16.1. The summed E-state index contributed by atoms with van der Waals surface area (Å²) < 4.78 is 20.4. The van der Waals surface area contributed by atoms with Gasteiger partial charge in [-0.2, -0.15) is 5.26 Å². The number of halogens is 1. The average Bonchev–Trinajstić information content (AvgIpc) is 3.43. The Morgan fingerprint density at radius 3 is 2.50 bits per heavy atom. The van der Waals surface area contributed by atoms with Crippen LogP contribution in [0.25, 0.3) is 5.57 Å². The van der Waals surface area contributed by atoms with Gasteiger partial charge in [0, 0.05) is 54.4 Å². The van der Waals surface area contributed by atoms with Crippen LogP contribution in [0.2, 0.25) is 0 Å². The van der Waals surface area contributed by atoms with Gasteiger partial charge in [-0.05, 0) is 79.4 Å². The Hall–Kier alpha value is -3.77. The predicted molar refractivity (Wildman–Crippen MR) is 180 cm³/mol. The Kier molecular flexibility index (Phi) is 14.5. The Labute approximate surface area is 267 Å². The molecule has 3 rings (SSSR count). The van der Waals surface area contributed by atoms with Gasteiger partial charge in [0.15, 0.2) is 0 Å². The summed E-state index contributed by atoms with van der Waals surface area (Å²) in [6, 6.07) is 8.86. The highest BCUT2D eigenvalue weighted by atomic mass is 32.1. The lowest BCUT2D eigenvalue weighted by Gasteiger charge is -2.42. The number of nitrogens with zero attached hydrogens (tertiary/aromatic N) is 5. The SMILES string of the molecule is CCCc1ncc(C#N)s1.C\C=C(C(/C(C)=N/C=C/CC)=C(/C)N1CCN(C(=O)OC(C)(C)C)C(C)C1)\c1ccccc1F. The summed E-state index contributed by atoms with van der Waals surface area (Å²) in [5, 5.41) is 9.51. The number of rotatable bonds is 8. The highest BCUT2D eigenvalue weighted by Crippen LogP contribution is 2.31. The number of ether oxygens (including phenoxy) is 1. The average molecular weight is 622 g/mol. The molecule has 44 heavy (non-hydrogen) atoms. The van der Waals surface area contributed by atoms with E-state index in [9.17, 15) is 9.18 Å². The predicted octanol–water partition coefficient (Wildman–Crippen LogP) is 8.80. The number of aryl methyl sites for hydroxylation is 1. The summed E-state index contributed by atoms with van der Waals surface area (Å²) >= 11 is 1.49. The van der Waals surface area contributed by atoms with Crippen LogP contribution in [0.15, 0.2) is 65.1 Å². The maximum Gasteiger partial charge on any atom is 0.410 e. The third kappa shape index (κ3) is 10.7. The van der Waals surface area contributed by atoms with Gasteiger partial charge < -0.3 is 14.5 Å². The third-order valence-electron chi connectivity index (χ3n) is 6.91. The van der Waals surface area contributed by atoms with Crippen molar-refractivity contribution in [1.29, 1.82) is 5.26 Å². The monoisotopic (exact) mass is 621 g/mol. The van der Waals surface area contributed by atoms with Gasteiger partial charge in [-0.3, -0.25) is 4.99 Å². The van der Waals surface area contributed by atoms with E-state index in [2.05, 4.69) is 41.7 Å². The lowest BCUT2D eigenvalue weighted by atomic mass is 9.92. The van der Waals surface area contributed by atoms with E-state index < -0.39 is 5.60 Å². The topological polar surface area (TPSA) is 81.8 Å². The molecular weight excluding hydrogens is 573 g/mol. The Morgan fingerprint density at radius 1 is 1.25 bits per heavy atom. The molecule has 1 unspecified atom stereocenters. The third-order valence-corrected chi connectivity index (χ3v) is 7.87. The van der Waals surface area contributed by atoms with Gasteiger partial charge in [0.25, 0.3) is 0 Å². The zero-order valence-corrected chi connectivity index (χ0v) is 28.6. The van der Waals surface area contributed by atoms with Gasteiger partial charge in [0.05, 0.1) is 11.2 Å². The molecule has 1 aliphatic rings. The number of hydrogen-bond donors (Lipinski definition) is 0. The molecule has 1 amide bonds. The van der Waals surface area contributed by atoms with Crippen LogP contribution in [0.4, 0.5) is 9.18 Å². The van der Waals surface area contributed by atoms with Crippen LogP contribution in [-0.4, -0.2) is 57.9 Å². The molecule has 0 N–H and O–H groups in total. The van der Waals surface area contributed by atoms with Crippen molar-refractivity contribution in [2.45, 2.75) is 93.2 Å². The van der Waals surface area contributed by atoms with Crippen molar-refractivity contribution < 1.29 is 13.9 Å². The quantitative estimate of drug-likeness (QED) is 0.217. The van der Waals surface area contributed by atoms with Crippen molar-refractivity contribution in [3.05, 3.63) is 81.3 Å². The van der Waals surface area contributed by atoms with Gasteiger partial charge in [0.1, 0.15) is 22.4 Å². The number of aromatic nitrogens is 1. The van der Waals surface area contributed by atoms with E-state index in [1.165, 1.54) is 17.4 Å². The van der Waals surface area contributed by atoms with Crippen LogP contribution in [0, 0.1) is 17.1 Å². The van der Waals surface area contributed by atoms with Gasteiger partial charge >= 0.3 is 6.09 Å². The zero-order chi connectivity index (χ0) is 32.9. The van der Waals surface area contributed by atoms with E-state index in [0.29, 0.717) is 30.1 Å². The number of carbonyl (C=O) groups is 1. The molecule has 1 saturated heterocycles. The lowest BCUT2D eigenvalue weighted by Crippen LogP contribution is -2.54. The highest BCUT2D eigenvalue weighted by Gasteiger charge is 2.32. The maximum absolute atomic E-state index is 14.8. The number of amides is 1. The summed E-state index contributed by atoms with van der Waals surface area (Å²) in [6.07, 6.45) is 10.1. The summed E-state index contributed by atoms with van der Waals surface area (Å²) in [5.41, 5.74) is 3.57. The number of piperazine rings is 1. The van der Waals surface area contributed by atoms with E-state index in [1.54, 1.807) is 29.4 Å². The normalized spacial score (nSPS) is 16.7. The molecule has 1 aliphatic heterocycles. The molecule has 1 aromatic heterocycles. The largest absolute Gasteiger partial charge is 0.444 e. The Morgan fingerprint density at radius 2 is 1.95 bits per heavy atom. The number of thiazole rings is 1. The molecule has 0 radical (unpaired) electrons. The fraction of sp³-hybridized carbons (Fsp3) is 0.486. The van der Waals surface area contributed by atoms with Crippen molar-refractivity contribution in [1.82, 2.24) is 14.8 Å².